The number of aliphatic hydroxyl groups excluding tert-OH is 1. The zero-order valence-corrected chi connectivity index (χ0v) is 13.9. The zero-order valence-electron chi connectivity index (χ0n) is 13.9. The van der Waals surface area contributed by atoms with Crippen molar-refractivity contribution >= 4 is 12.2 Å². The molecule has 1 aliphatic heterocycles. The van der Waals surface area contributed by atoms with Crippen molar-refractivity contribution < 1.29 is 5.11 Å². The van der Waals surface area contributed by atoms with E-state index in [-0.39, 0.29) is 0 Å². The minimum atomic E-state index is -0.798. The number of nitrogens with one attached hydrogen (secondary N) is 2. The van der Waals surface area contributed by atoms with Gasteiger partial charge in [0.15, 0.2) is 6.23 Å². The van der Waals surface area contributed by atoms with Crippen molar-refractivity contribution in [3.05, 3.63) is 54.5 Å². The van der Waals surface area contributed by atoms with Crippen LogP contribution in [0.2, 0.25) is 0 Å². The third-order valence-electron chi connectivity index (χ3n) is 4.28. The Labute approximate surface area is 145 Å². The minimum Gasteiger partial charge on any atom is -0.369 e. The van der Waals surface area contributed by atoms with Crippen molar-refractivity contribution in [1.29, 1.82) is 0 Å². The lowest BCUT2D eigenvalue weighted by atomic mass is 10.1. The summed E-state index contributed by atoms with van der Waals surface area (Å²) in [4.78, 5) is 4.45. The molecule has 0 fully saturated rings. The molecule has 0 radical (unpaired) electrons. The molecule has 7 heteroatoms. The van der Waals surface area contributed by atoms with Crippen LogP contribution in [0.15, 0.2) is 53.9 Å². The summed E-state index contributed by atoms with van der Waals surface area (Å²) in [7, 11) is 1.92. The van der Waals surface area contributed by atoms with Crippen LogP contribution >= 0.6 is 0 Å². The van der Waals surface area contributed by atoms with Gasteiger partial charge in [0.2, 0.25) is 0 Å². The van der Waals surface area contributed by atoms with E-state index in [1.54, 1.807) is 0 Å². The summed E-state index contributed by atoms with van der Waals surface area (Å²) >= 11 is 0. The molecule has 1 unspecified atom stereocenters. The molecule has 0 saturated heterocycles. The van der Waals surface area contributed by atoms with Crippen molar-refractivity contribution in [3.63, 3.8) is 0 Å². The Hall–Kier alpha value is -2.90. The van der Waals surface area contributed by atoms with Gasteiger partial charge in [-0.05, 0) is 19.2 Å². The molecule has 25 heavy (non-hydrogen) atoms. The number of hydrogen-bond donors (Lipinski definition) is 3. The first-order valence-electron chi connectivity index (χ1n) is 8.22. The normalized spacial score (nSPS) is 15.8. The van der Waals surface area contributed by atoms with Crippen molar-refractivity contribution in [1.82, 2.24) is 25.0 Å². The predicted molar refractivity (Wildman–Crippen MR) is 97.2 cm³/mol. The molecule has 128 valence electrons. The molecule has 3 aromatic rings. The molecule has 7 nitrogen and oxygen atoms in total. The fraction of sp³-hybridized carbons (Fsp3) is 0.222. The number of nitrogens with zero attached hydrogens (tertiary/aromatic N) is 4. The molecule has 2 aromatic heterocycles. The number of aliphatic imine (C=N–C) groups is 1. The first-order chi connectivity index (χ1) is 12.3. The van der Waals surface area contributed by atoms with Gasteiger partial charge in [-0.15, -0.1) is 0 Å². The van der Waals surface area contributed by atoms with Gasteiger partial charge in [-0.25, -0.2) is 4.99 Å². The topological polar surface area (TPSA) is 79.4 Å². The van der Waals surface area contributed by atoms with Crippen LogP contribution in [-0.4, -0.2) is 39.4 Å². The number of aliphatic hydroxyl groups is 1. The lowest BCUT2D eigenvalue weighted by Crippen LogP contribution is -2.22. The molecule has 0 bridgehead atoms. The fourth-order valence-corrected chi connectivity index (χ4v) is 3.03. The summed E-state index contributed by atoms with van der Waals surface area (Å²) in [6, 6.07) is 9.98. The average molecular weight is 336 g/mol. The predicted octanol–water partition coefficient (Wildman–Crippen LogP) is 1.81. The van der Waals surface area contributed by atoms with Gasteiger partial charge in [-0.2, -0.15) is 5.10 Å². The number of rotatable bonds is 5. The van der Waals surface area contributed by atoms with Gasteiger partial charge < -0.3 is 20.3 Å². The van der Waals surface area contributed by atoms with E-state index < -0.39 is 6.23 Å². The summed E-state index contributed by atoms with van der Waals surface area (Å²) < 4.78 is 3.89. The van der Waals surface area contributed by atoms with Gasteiger partial charge in [0.1, 0.15) is 5.82 Å². The minimum absolute atomic E-state index is 0.732. The maximum atomic E-state index is 10.5. The van der Waals surface area contributed by atoms with E-state index in [2.05, 4.69) is 20.7 Å². The highest BCUT2D eigenvalue weighted by atomic mass is 16.3. The molecule has 1 atom stereocenters. The Kier molecular flexibility index (Phi) is 4.09. The van der Waals surface area contributed by atoms with Crippen LogP contribution in [0.5, 0.6) is 0 Å². The molecule has 4 rings (SSSR count). The molecular formula is C18H20N6O. The summed E-state index contributed by atoms with van der Waals surface area (Å²) in [5, 5.41) is 20.9. The Morgan fingerprint density at radius 1 is 1.24 bits per heavy atom. The van der Waals surface area contributed by atoms with Gasteiger partial charge in [0.25, 0.3) is 0 Å². The van der Waals surface area contributed by atoms with Crippen LogP contribution in [0.1, 0.15) is 11.8 Å². The number of benzene rings is 1. The molecule has 0 aliphatic carbocycles. The maximum Gasteiger partial charge on any atom is 0.155 e. The molecule has 0 spiro atoms. The SMILES string of the molecule is CNCCn1cc(-c2cn(-c3ccccc3)c3c2C(O)NC=N3)cn1. The van der Waals surface area contributed by atoms with Crippen molar-refractivity contribution in [2.24, 2.45) is 4.99 Å². The summed E-state index contributed by atoms with van der Waals surface area (Å²) in [6.07, 6.45) is 6.56. The lowest BCUT2D eigenvalue weighted by molar-refractivity contribution is 0.164. The van der Waals surface area contributed by atoms with Crippen molar-refractivity contribution in [2.75, 3.05) is 13.6 Å². The van der Waals surface area contributed by atoms with Crippen LogP contribution in [0.4, 0.5) is 5.82 Å². The third-order valence-corrected chi connectivity index (χ3v) is 4.28. The monoisotopic (exact) mass is 336 g/mol. The van der Waals surface area contributed by atoms with Gasteiger partial charge in [-0.1, -0.05) is 18.2 Å². The largest absolute Gasteiger partial charge is 0.369 e. The van der Waals surface area contributed by atoms with Crippen LogP contribution in [0, 0.1) is 0 Å². The van der Waals surface area contributed by atoms with E-state index in [9.17, 15) is 5.11 Å². The number of hydrogen-bond acceptors (Lipinski definition) is 5. The first-order valence-corrected chi connectivity index (χ1v) is 8.22. The number of aromatic nitrogens is 3. The first kappa shape index (κ1) is 15.6. The quantitative estimate of drug-likeness (QED) is 0.664. The molecule has 0 amide bonds. The molecule has 3 heterocycles. The Morgan fingerprint density at radius 2 is 2.08 bits per heavy atom. The second kappa shape index (κ2) is 6.54. The number of likely N-dealkylation sites (N-methyl/N-ethyl adjacent to an activating group) is 1. The second-order valence-corrected chi connectivity index (χ2v) is 5.91. The number of fused-ring (bicyclic) bond motifs is 1. The highest BCUT2D eigenvalue weighted by Crippen LogP contribution is 2.39. The van der Waals surface area contributed by atoms with Crippen LogP contribution < -0.4 is 10.6 Å². The summed E-state index contributed by atoms with van der Waals surface area (Å²) in [5.41, 5.74) is 3.64. The van der Waals surface area contributed by atoms with Gasteiger partial charge in [0.05, 0.1) is 24.6 Å². The van der Waals surface area contributed by atoms with Gasteiger partial charge >= 0.3 is 0 Å². The van der Waals surface area contributed by atoms with E-state index in [1.807, 2.05) is 65.2 Å². The van der Waals surface area contributed by atoms with Crippen LogP contribution in [0.25, 0.3) is 16.8 Å². The average Bonchev–Trinajstić information content (AvgIpc) is 3.26. The van der Waals surface area contributed by atoms with E-state index >= 15 is 0 Å². The molecule has 1 aromatic carbocycles. The van der Waals surface area contributed by atoms with E-state index in [4.69, 9.17) is 0 Å². The van der Waals surface area contributed by atoms with Crippen molar-refractivity contribution in [2.45, 2.75) is 12.8 Å². The van der Waals surface area contributed by atoms with Gasteiger partial charge in [-0.3, -0.25) is 4.68 Å². The van der Waals surface area contributed by atoms with E-state index in [0.29, 0.717) is 0 Å². The summed E-state index contributed by atoms with van der Waals surface area (Å²) in [6.45, 7) is 1.63. The smallest absolute Gasteiger partial charge is 0.155 e. The van der Waals surface area contributed by atoms with Crippen LogP contribution in [0.3, 0.4) is 0 Å². The van der Waals surface area contributed by atoms with E-state index in [1.165, 1.54) is 6.34 Å². The lowest BCUT2D eigenvalue weighted by Gasteiger charge is -2.17. The summed E-state index contributed by atoms with van der Waals surface area (Å²) in [5.74, 6) is 0.732. The Balaban J connectivity index is 1.82. The molecule has 1 aliphatic rings. The van der Waals surface area contributed by atoms with Crippen molar-refractivity contribution in [3.8, 4) is 16.8 Å². The highest BCUT2D eigenvalue weighted by molar-refractivity contribution is 5.78. The second-order valence-electron chi connectivity index (χ2n) is 5.91. The standard InChI is InChI=1S/C18H20N6O/c1-19-7-8-23-10-13(9-22-23)15-11-24(14-5-3-2-4-6-14)17-16(15)18(25)21-12-20-17/h2-6,9-12,18-19,25H,7-8H2,1H3,(H,20,21). The Morgan fingerprint density at radius 3 is 2.88 bits per heavy atom. The molecular weight excluding hydrogens is 316 g/mol. The van der Waals surface area contributed by atoms with Crippen LogP contribution in [-0.2, 0) is 6.54 Å². The molecule has 0 saturated carbocycles. The molecule has 3 N–H and O–H groups in total. The van der Waals surface area contributed by atoms with Gasteiger partial charge in [0, 0.05) is 35.8 Å². The van der Waals surface area contributed by atoms with E-state index in [0.717, 1.165) is 41.3 Å². The zero-order chi connectivity index (χ0) is 17.2. The Bertz CT molecular complexity index is 896. The maximum absolute atomic E-state index is 10.5. The fourth-order valence-electron chi connectivity index (χ4n) is 3.03. The third kappa shape index (κ3) is 2.84. The highest BCUT2D eigenvalue weighted by Gasteiger charge is 2.26. The number of para-hydroxylation sites is 1.